The van der Waals surface area contributed by atoms with Crippen molar-refractivity contribution in [3.63, 3.8) is 0 Å². The molecule has 0 aliphatic carbocycles. The molecule has 1 atom stereocenters. The summed E-state index contributed by atoms with van der Waals surface area (Å²) >= 11 is 3.45. The van der Waals surface area contributed by atoms with Crippen LogP contribution in [0.5, 0.6) is 0 Å². The summed E-state index contributed by atoms with van der Waals surface area (Å²) in [4.78, 5) is 4.57. The summed E-state index contributed by atoms with van der Waals surface area (Å²) in [6.07, 6.45) is 3.92. The Kier molecular flexibility index (Phi) is 5.95. The molecular formula is C18H23BrN2. The van der Waals surface area contributed by atoms with E-state index in [0.29, 0.717) is 0 Å². The van der Waals surface area contributed by atoms with Gasteiger partial charge in [-0.1, -0.05) is 44.2 Å². The predicted molar refractivity (Wildman–Crippen MR) is 92.6 cm³/mol. The van der Waals surface area contributed by atoms with Crippen molar-refractivity contribution in [1.29, 1.82) is 0 Å². The van der Waals surface area contributed by atoms with Crippen molar-refractivity contribution < 1.29 is 0 Å². The predicted octanol–water partition coefficient (Wildman–Crippen LogP) is 4.34. The Bertz CT molecular complexity index is 539. The van der Waals surface area contributed by atoms with Gasteiger partial charge in [0.25, 0.3) is 0 Å². The van der Waals surface area contributed by atoms with Crippen LogP contribution in [0.4, 0.5) is 0 Å². The molecule has 1 N–H and O–H groups in total. The molecule has 0 fully saturated rings. The Morgan fingerprint density at radius 1 is 1.10 bits per heavy atom. The van der Waals surface area contributed by atoms with E-state index in [0.717, 1.165) is 36.1 Å². The van der Waals surface area contributed by atoms with E-state index in [2.05, 4.69) is 82.5 Å². The van der Waals surface area contributed by atoms with Crippen LogP contribution < -0.4 is 5.32 Å². The van der Waals surface area contributed by atoms with Crippen molar-refractivity contribution >= 4 is 15.9 Å². The fraction of sp³-hybridized carbons (Fsp3) is 0.389. The number of likely N-dealkylation sites (N-methyl/N-ethyl adjacent to an activating group) is 1. The molecule has 1 heterocycles. The zero-order valence-corrected chi connectivity index (χ0v) is 14.4. The van der Waals surface area contributed by atoms with Crippen LogP contribution in [0.3, 0.4) is 0 Å². The van der Waals surface area contributed by atoms with Crippen LogP contribution in [-0.2, 0) is 11.8 Å². The summed E-state index contributed by atoms with van der Waals surface area (Å²) in [6, 6.07) is 15.0. The number of hydrogen-bond acceptors (Lipinski definition) is 2. The van der Waals surface area contributed by atoms with Gasteiger partial charge in [-0.25, -0.2) is 0 Å². The number of rotatable bonds is 7. The molecule has 0 saturated carbocycles. The van der Waals surface area contributed by atoms with E-state index in [9.17, 15) is 0 Å². The molecule has 0 spiro atoms. The summed E-state index contributed by atoms with van der Waals surface area (Å²) in [6.45, 7) is 6.39. The lowest BCUT2D eigenvalue weighted by Gasteiger charge is -2.33. The first-order valence-corrected chi connectivity index (χ1v) is 8.36. The normalized spacial score (nSPS) is 13.9. The van der Waals surface area contributed by atoms with Crippen LogP contribution in [0.15, 0.2) is 53.1 Å². The summed E-state index contributed by atoms with van der Waals surface area (Å²) in [5, 5.41) is 3.53. The summed E-state index contributed by atoms with van der Waals surface area (Å²) in [7, 11) is 0. The quantitative estimate of drug-likeness (QED) is 0.806. The molecule has 1 aromatic carbocycles. The second kappa shape index (κ2) is 7.71. The molecule has 0 bridgehead atoms. The molecular weight excluding hydrogens is 324 g/mol. The molecule has 3 heteroatoms. The molecule has 2 rings (SSSR count). The average Bonchev–Trinajstić information content (AvgIpc) is 2.54. The Hall–Kier alpha value is -1.19. The maximum atomic E-state index is 4.57. The van der Waals surface area contributed by atoms with E-state index in [1.54, 1.807) is 0 Å². The lowest BCUT2D eigenvalue weighted by Crippen LogP contribution is -2.40. The SMILES string of the molecule is CCNCC(CC)(Cc1ccc(Br)cn1)c1ccccc1. The molecule has 1 aromatic heterocycles. The van der Waals surface area contributed by atoms with E-state index in [1.807, 2.05) is 6.20 Å². The first-order chi connectivity index (χ1) is 10.2. The summed E-state index contributed by atoms with van der Waals surface area (Å²) in [5.74, 6) is 0. The Labute approximate surface area is 136 Å². The highest BCUT2D eigenvalue weighted by atomic mass is 79.9. The molecule has 0 aliphatic rings. The van der Waals surface area contributed by atoms with E-state index in [-0.39, 0.29) is 5.41 Å². The van der Waals surface area contributed by atoms with Gasteiger partial charge in [-0.2, -0.15) is 0 Å². The number of hydrogen-bond donors (Lipinski definition) is 1. The molecule has 21 heavy (non-hydrogen) atoms. The minimum Gasteiger partial charge on any atom is -0.316 e. The zero-order valence-electron chi connectivity index (χ0n) is 12.8. The third kappa shape index (κ3) is 4.14. The van der Waals surface area contributed by atoms with Crippen LogP contribution in [0.25, 0.3) is 0 Å². The second-order valence-electron chi connectivity index (χ2n) is 5.42. The van der Waals surface area contributed by atoms with E-state index < -0.39 is 0 Å². The molecule has 0 saturated heterocycles. The first kappa shape index (κ1) is 16.2. The minimum atomic E-state index is 0.0953. The van der Waals surface area contributed by atoms with Crippen molar-refractivity contribution in [3.8, 4) is 0 Å². The van der Waals surface area contributed by atoms with E-state index in [4.69, 9.17) is 0 Å². The first-order valence-electron chi connectivity index (χ1n) is 7.57. The monoisotopic (exact) mass is 346 g/mol. The molecule has 112 valence electrons. The number of halogens is 1. The van der Waals surface area contributed by atoms with E-state index in [1.165, 1.54) is 5.56 Å². The fourth-order valence-electron chi connectivity index (χ4n) is 2.73. The molecule has 0 amide bonds. The highest BCUT2D eigenvalue weighted by Crippen LogP contribution is 2.31. The van der Waals surface area contributed by atoms with Gasteiger partial charge in [0.1, 0.15) is 0 Å². The number of nitrogens with one attached hydrogen (secondary N) is 1. The van der Waals surface area contributed by atoms with Crippen molar-refractivity contribution in [1.82, 2.24) is 10.3 Å². The van der Waals surface area contributed by atoms with Crippen LogP contribution in [0.2, 0.25) is 0 Å². The van der Waals surface area contributed by atoms with Gasteiger partial charge < -0.3 is 5.32 Å². The zero-order chi connectivity index (χ0) is 15.1. The van der Waals surface area contributed by atoms with Gasteiger partial charge >= 0.3 is 0 Å². The van der Waals surface area contributed by atoms with Crippen molar-refractivity contribution in [2.45, 2.75) is 32.1 Å². The highest BCUT2D eigenvalue weighted by molar-refractivity contribution is 9.10. The second-order valence-corrected chi connectivity index (χ2v) is 6.34. The third-order valence-electron chi connectivity index (χ3n) is 4.08. The van der Waals surface area contributed by atoms with Crippen LogP contribution in [0.1, 0.15) is 31.5 Å². The number of benzene rings is 1. The van der Waals surface area contributed by atoms with Crippen molar-refractivity contribution in [2.24, 2.45) is 0 Å². The van der Waals surface area contributed by atoms with Gasteiger partial charge in [0.15, 0.2) is 0 Å². The largest absolute Gasteiger partial charge is 0.316 e. The van der Waals surface area contributed by atoms with Gasteiger partial charge in [-0.15, -0.1) is 0 Å². The van der Waals surface area contributed by atoms with Crippen molar-refractivity contribution in [2.75, 3.05) is 13.1 Å². The standard InChI is InChI=1S/C18H23BrN2/c1-3-18(14-20-4-2,15-8-6-5-7-9-15)12-17-11-10-16(19)13-21-17/h5-11,13,20H,3-4,12,14H2,1-2H3. The topological polar surface area (TPSA) is 24.9 Å². The highest BCUT2D eigenvalue weighted by Gasteiger charge is 2.30. The Morgan fingerprint density at radius 3 is 2.43 bits per heavy atom. The third-order valence-corrected chi connectivity index (χ3v) is 4.55. The molecule has 0 radical (unpaired) electrons. The van der Waals surface area contributed by atoms with Gasteiger partial charge in [0.05, 0.1) is 0 Å². The number of aromatic nitrogens is 1. The average molecular weight is 347 g/mol. The minimum absolute atomic E-state index is 0.0953. The maximum absolute atomic E-state index is 4.57. The Morgan fingerprint density at radius 2 is 1.86 bits per heavy atom. The van der Waals surface area contributed by atoms with Crippen LogP contribution in [-0.4, -0.2) is 18.1 Å². The van der Waals surface area contributed by atoms with Gasteiger partial charge in [0, 0.05) is 34.7 Å². The Balaban J connectivity index is 2.32. The van der Waals surface area contributed by atoms with E-state index >= 15 is 0 Å². The molecule has 0 aliphatic heterocycles. The fourth-order valence-corrected chi connectivity index (χ4v) is 2.97. The molecule has 1 unspecified atom stereocenters. The van der Waals surface area contributed by atoms with Crippen LogP contribution in [0, 0.1) is 0 Å². The van der Waals surface area contributed by atoms with Gasteiger partial charge in [0.2, 0.25) is 0 Å². The maximum Gasteiger partial charge on any atom is 0.0413 e. The van der Waals surface area contributed by atoms with Gasteiger partial charge in [-0.3, -0.25) is 4.98 Å². The lowest BCUT2D eigenvalue weighted by molar-refractivity contribution is 0.378. The lowest BCUT2D eigenvalue weighted by atomic mass is 9.74. The summed E-state index contributed by atoms with van der Waals surface area (Å²) in [5.41, 5.74) is 2.62. The van der Waals surface area contributed by atoms with Gasteiger partial charge in [-0.05, 0) is 46.6 Å². The van der Waals surface area contributed by atoms with Crippen LogP contribution >= 0.6 is 15.9 Å². The smallest absolute Gasteiger partial charge is 0.0413 e. The van der Waals surface area contributed by atoms with Crippen molar-refractivity contribution in [3.05, 3.63) is 64.4 Å². The molecule has 2 aromatic rings. The molecule has 2 nitrogen and oxygen atoms in total. The summed E-state index contributed by atoms with van der Waals surface area (Å²) < 4.78 is 1.03. The number of nitrogens with zero attached hydrogens (tertiary/aromatic N) is 1. The number of pyridine rings is 1.